The van der Waals surface area contributed by atoms with Gasteiger partial charge in [0.15, 0.2) is 11.5 Å². The van der Waals surface area contributed by atoms with Crippen molar-refractivity contribution in [2.24, 2.45) is 0 Å². The highest BCUT2D eigenvalue weighted by Crippen LogP contribution is 2.34. The summed E-state index contributed by atoms with van der Waals surface area (Å²) >= 11 is 1.76. The van der Waals surface area contributed by atoms with Crippen molar-refractivity contribution in [3.63, 3.8) is 0 Å². The van der Waals surface area contributed by atoms with Crippen LogP contribution in [-0.2, 0) is 4.74 Å². The molecule has 1 N–H and O–H groups in total. The van der Waals surface area contributed by atoms with Gasteiger partial charge in [-0.05, 0) is 49.0 Å². The van der Waals surface area contributed by atoms with Crippen LogP contribution in [0, 0.1) is 0 Å². The van der Waals surface area contributed by atoms with E-state index in [1.54, 1.807) is 29.5 Å². The molecular weight excluding hydrogens is 366 g/mol. The number of benzene rings is 1. The van der Waals surface area contributed by atoms with Gasteiger partial charge in [-0.15, -0.1) is 11.3 Å². The Kier molecular flexibility index (Phi) is 6.71. The summed E-state index contributed by atoms with van der Waals surface area (Å²) < 4.78 is 15.7. The minimum atomic E-state index is -0.615. The molecule has 0 spiro atoms. The fraction of sp³-hybridized carbons (Fsp3) is 0.450. The molecular formula is C20H25NO5S. The molecule has 0 amide bonds. The Morgan fingerprint density at radius 2 is 2.19 bits per heavy atom. The summed E-state index contributed by atoms with van der Waals surface area (Å²) in [6.45, 7) is 1.70. The summed E-state index contributed by atoms with van der Waals surface area (Å²) in [5.41, 5.74) is 0.387. The Bertz CT molecular complexity index is 749. The molecule has 1 aromatic heterocycles. The number of carbonyl (C=O) groups is 1. The number of hydrogen-bond acceptors (Lipinski definition) is 7. The van der Waals surface area contributed by atoms with Crippen molar-refractivity contribution < 1.29 is 24.1 Å². The van der Waals surface area contributed by atoms with Crippen molar-refractivity contribution in [1.29, 1.82) is 0 Å². The van der Waals surface area contributed by atoms with E-state index in [0.717, 1.165) is 19.4 Å². The van der Waals surface area contributed by atoms with Gasteiger partial charge in [-0.1, -0.05) is 6.07 Å². The molecule has 1 saturated heterocycles. The van der Waals surface area contributed by atoms with E-state index in [0.29, 0.717) is 29.6 Å². The highest BCUT2D eigenvalue weighted by atomic mass is 32.1. The summed E-state index contributed by atoms with van der Waals surface area (Å²) in [7, 11) is 2.84. The van der Waals surface area contributed by atoms with Gasteiger partial charge in [0.2, 0.25) is 0 Å². The van der Waals surface area contributed by atoms with Gasteiger partial charge in [-0.2, -0.15) is 0 Å². The van der Waals surface area contributed by atoms with Crippen LogP contribution in [0.3, 0.4) is 0 Å². The van der Waals surface area contributed by atoms with Gasteiger partial charge in [-0.3, -0.25) is 4.90 Å². The molecule has 0 saturated carbocycles. The molecule has 1 aliphatic rings. The molecule has 7 heteroatoms. The fourth-order valence-electron chi connectivity index (χ4n) is 3.39. The maximum atomic E-state index is 11.6. The number of hydrogen-bond donors (Lipinski definition) is 1. The summed E-state index contributed by atoms with van der Waals surface area (Å²) in [5.74, 6) is 0.483. The molecule has 1 aliphatic heterocycles. The number of β-amino-alcohol motifs (C(OH)–C–C–N with tert-alkyl or cyclic N) is 1. The molecule has 27 heavy (non-hydrogen) atoms. The lowest BCUT2D eigenvalue weighted by molar-refractivity contribution is 0.0596. The molecule has 1 fully saturated rings. The molecule has 2 atom stereocenters. The molecule has 2 unspecified atom stereocenters. The molecule has 2 heterocycles. The van der Waals surface area contributed by atoms with E-state index < -0.39 is 12.1 Å². The molecule has 6 nitrogen and oxygen atoms in total. The van der Waals surface area contributed by atoms with E-state index in [1.165, 1.54) is 19.1 Å². The van der Waals surface area contributed by atoms with Crippen LogP contribution in [-0.4, -0.2) is 56.0 Å². The lowest BCUT2D eigenvalue weighted by Gasteiger charge is -2.26. The zero-order valence-electron chi connectivity index (χ0n) is 15.6. The Labute approximate surface area is 163 Å². The zero-order valence-corrected chi connectivity index (χ0v) is 16.4. The normalized spacial score (nSPS) is 18.3. The van der Waals surface area contributed by atoms with Gasteiger partial charge >= 0.3 is 5.97 Å². The van der Waals surface area contributed by atoms with Crippen molar-refractivity contribution in [3.05, 3.63) is 46.2 Å². The second-order valence-electron chi connectivity index (χ2n) is 6.49. The Hall–Kier alpha value is -2.09. The standard InChI is InChI=1S/C20H25NO5S/c1-24-18-11-14(20(23)25-2)7-8-17(18)26-13-15(22)12-21-9-3-5-16(21)19-6-4-10-27-19/h4,6-8,10-11,15-16,22H,3,5,9,12-13H2,1-2H3. The second kappa shape index (κ2) is 9.21. The lowest BCUT2D eigenvalue weighted by Crippen LogP contribution is -2.35. The first-order valence-corrected chi connectivity index (χ1v) is 9.85. The van der Waals surface area contributed by atoms with E-state index in [9.17, 15) is 9.90 Å². The number of aliphatic hydroxyl groups excluding tert-OH is 1. The monoisotopic (exact) mass is 391 g/mol. The third-order valence-corrected chi connectivity index (χ3v) is 5.67. The molecule has 0 aliphatic carbocycles. The summed E-state index contributed by atoms with van der Waals surface area (Å²) in [5, 5.41) is 12.5. The topological polar surface area (TPSA) is 68.2 Å². The summed E-state index contributed by atoms with van der Waals surface area (Å²) in [6.07, 6.45) is 1.64. The second-order valence-corrected chi connectivity index (χ2v) is 7.47. The minimum absolute atomic E-state index is 0.154. The number of aliphatic hydroxyl groups is 1. The van der Waals surface area contributed by atoms with Crippen LogP contribution in [0.1, 0.15) is 34.1 Å². The first kappa shape index (κ1) is 19.7. The number of esters is 1. The van der Waals surface area contributed by atoms with E-state index in [2.05, 4.69) is 22.4 Å². The van der Waals surface area contributed by atoms with Crippen molar-refractivity contribution in [3.8, 4) is 11.5 Å². The summed E-state index contributed by atoms with van der Waals surface area (Å²) in [6, 6.07) is 9.45. The lowest BCUT2D eigenvalue weighted by atomic mass is 10.2. The zero-order chi connectivity index (χ0) is 19.2. The van der Waals surface area contributed by atoms with Crippen LogP contribution >= 0.6 is 11.3 Å². The Balaban J connectivity index is 1.57. The van der Waals surface area contributed by atoms with Crippen LogP contribution in [0.25, 0.3) is 0 Å². The van der Waals surface area contributed by atoms with Crippen LogP contribution < -0.4 is 9.47 Å². The molecule has 146 valence electrons. The van der Waals surface area contributed by atoms with Crippen molar-refractivity contribution >= 4 is 17.3 Å². The van der Waals surface area contributed by atoms with Crippen molar-refractivity contribution in [2.75, 3.05) is 33.9 Å². The fourth-order valence-corrected chi connectivity index (χ4v) is 4.28. The first-order chi connectivity index (χ1) is 13.1. The molecule has 2 aromatic rings. The van der Waals surface area contributed by atoms with Gasteiger partial charge in [0, 0.05) is 17.5 Å². The highest BCUT2D eigenvalue weighted by Gasteiger charge is 2.28. The third kappa shape index (κ3) is 4.80. The number of carbonyl (C=O) groups excluding carboxylic acids is 1. The largest absolute Gasteiger partial charge is 0.493 e. The number of nitrogens with zero attached hydrogens (tertiary/aromatic N) is 1. The quantitative estimate of drug-likeness (QED) is 0.698. The number of methoxy groups -OCH3 is 2. The van der Waals surface area contributed by atoms with E-state index in [1.807, 2.05) is 0 Å². The van der Waals surface area contributed by atoms with Crippen LogP contribution in [0.15, 0.2) is 35.7 Å². The van der Waals surface area contributed by atoms with E-state index in [-0.39, 0.29) is 6.61 Å². The third-order valence-electron chi connectivity index (χ3n) is 4.70. The average molecular weight is 391 g/mol. The number of likely N-dealkylation sites (tertiary alicyclic amines) is 1. The predicted octanol–water partition coefficient (Wildman–Crippen LogP) is 3.12. The van der Waals surface area contributed by atoms with Crippen molar-refractivity contribution in [1.82, 2.24) is 4.90 Å². The summed E-state index contributed by atoms with van der Waals surface area (Å²) in [4.78, 5) is 15.3. The molecule has 0 bridgehead atoms. The first-order valence-electron chi connectivity index (χ1n) is 8.97. The number of ether oxygens (including phenoxy) is 3. The van der Waals surface area contributed by atoms with Gasteiger partial charge in [0.1, 0.15) is 12.7 Å². The Morgan fingerprint density at radius 3 is 2.89 bits per heavy atom. The number of rotatable bonds is 8. The molecule has 1 aromatic carbocycles. The van der Waals surface area contributed by atoms with Gasteiger partial charge in [0.05, 0.1) is 19.8 Å². The average Bonchev–Trinajstić information content (AvgIpc) is 3.37. The maximum absolute atomic E-state index is 11.6. The Morgan fingerprint density at radius 1 is 1.33 bits per heavy atom. The SMILES string of the molecule is COC(=O)c1ccc(OCC(O)CN2CCCC2c2cccs2)c(OC)c1. The van der Waals surface area contributed by atoms with Gasteiger partial charge < -0.3 is 19.3 Å². The van der Waals surface area contributed by atoms with Crippen molar-refractivity contribution in [2.45, 2.75) is 25.0 Å². The maximum Gasteiger partial charge on any atom is 0.337 e. The van der Waals surface area contributed by atoms with Crippen LogP contribution in [0.4, 0.5) is 0 Å². The van der Waals surface area contributed by atoms with Crippen LogP contribution in [0.2, 0.25) is 0 Å². The number of thiophene rings is 1. The minimum Gasteiger partial charge on any atom is -0.493 e. The molecule has 0 radical (unpaired) electrons. The van der Waals surface area contributed by atoms with Crippen LogP contribution in [0.5, 0.6) is 11.5 Å². The predicted molar refractivity (Wildman–Crippen MR) is 104 cm³/mol. The van der Waals surface area contributed by atoms with Gasteiger partial charge in [-0.25, -0.2) is 4.79 Å². The molecule has 3 rings (SSSR count). The van der Waals surface area contributed by atoms with E-state index >= 15 is 0 Å². The smallest absolute Gasteiger partial charge is 0.337 e. The van der Waals surface area contributed by atoms with Gasteiger partial charge in [0.25, 0.3) is 0 Å². The van der Waals surface area contributed by atoms with E-state index in [4.69, 9.17) is 14.2 Å². The highest BCUT2D eigenvalue weighted by molar-refractivity contribution is 7.10.